The van der Waals surface area contributed by atoms with Crippen LogP contribution in [0.1, 0.15) is 54.0 Å². The van der Waals surface area contributed by atoms with Crippen LogP contribution < -0.4 is 5.32 Å². The molecule has 1 saturated carbocycles. The third-order valence-corrected chi connectivity index (χ3v) is 5.99. The van der Waals surface area contributed by atoms with Crippen LogP contribution in [0.3, 0.4) is 0 Å². The normalized spacial score (nSPS) is 20.9. The first kappa shape index (κ1) is 22.8. The van der Waals surface area contributed by atoms with Crippen LogP contribution >= 0.6 is 11.6 Å². The van der Waals surface area contributed by atoms with Crippen molar-refractivity contribution in [2.75, 3.05) is 14.2 Å². The Morgan fingerprint density at radius 3 is 2.61 bits per heavy atom. The molecule has 6 nitrogen and oxygen atoms in total. The number of rotatable bonds is 8. The van der Waals surface area contributed by atoms with E-state index in [0.717, 1.165) is 28.8 Å². The van der Waals surface area contributed by atoms with Crippen LogP contribution in [0.15, 0.2) is 52.8 Å². The number of oxime groups is 2. The lowest BCUT2D eigenvalue weighted by molar-refractivity contribution is -0.114. The van der Waals surface area contributed by atoms with Crippen molar-refractivity contribution in [3.05, 3.63) is 70.3 Å². The average molecular weight is 442 g/mol. The molecule has 0 aromatic heterocycles. The molecule has 1 fully saturated rings. The van der Waals surface area contributed by atoms with Gasteiger partial charge in [-0.1, -0.05) is 46.7 Å². The lowest BCUT2D eigenvalue weighted by Gasteiger charge is -2.13. The maximum atomic E-state index is 12.3. The second-order valence-corrected chi connectivity index (χ2v) is 8.78. The highest BCUT2D eigenvalue weighted by molar-refractivity contribution is 6.45. The summed E-state index contributed by atoms with van der Waals surface area (Å²) in [4.78, 5) is 22.7. The standard InChI is InChI=1S/C24H28ClN3O3/c1-15-8-6-11-19(22(28-30-5)23(29)26-4)20(15)14-31-27-16(2)17-9-7-10-18(12-17)21-13-24(21,3)25/h6-12,21H,13-14H2,1-5H3,(H,26,29)/b27-16+,28-22+. The summed E-state index contributed by atoms with van der Waals surface area (Å²) >= 11 is 6.43. The molecule has 2 aromatic rings. The van der Waals surface area contributed by atoms with Crippen molar-refractivity contribution < 1.29 is 14.5 Å². The van der Waals surface area contributed by atoms with Gasteiger partial charge in [0.15, 0.2) is 5.71 Å². The number of amides is 1. The molecule has 1 N–H and O–H groups in total. The molecule has 0 saturated heterocycles. The van der Waals surface area contributed by atoms with Crippen molar-refractivity contribution in [1.82, 2.24) is 5.32 Å². The second-order valence-electron chi connectivity index (χ2n) is 7.91. The molecule has 164 valence electrons. The van der Waals surface area contributed by atoms with Gasteiger partial charge in [-0.3, -0.25) is 4.79 Å². The van der Waals surface area contributed by atoms with E-state index in [4.69, 9.17) is 21.3 Å². The second kappa shape index (κ2) is 9.52. The van der Waals surface area contributed by atoms with Crippen LogP contribution in [0.25, 0.3) is 0 Å². The van der Waals surface area contributed by atoms with Gasteiger partial charge in [0, 0.05) is 29.0 Å². The quantitative estimate of drug-likeness (QED) is 0.372. The first-order valence-corrected chi connectivity index (χ1v) is 10.5. The van der Waals surface area contributed by atoms with E-state index < -0.39 is 0 Å². The van der Waals surface area contributed by atoms with Crippen LogP contribution in [-0.4, -0.2) is 36.4 Å². The molecule has 2 aromatic carbocycles. The molecule has 7 heteroatoms. The zero-order valence-electron chi connectivity index (χ0n) is 18.5. The number of hydrogen-bond acceptors (Lipinski definition) is 5. The van der Waals surface area contributed by atoms with Crippen LogP contribution in [0.5, 0.6) is 0 Å². The highest BCUT2D eigenvalue weighted by Crippen LogP contribution is 2.56. The maximum absolute atomic E-state index is 12.3. The highest BCUT2D eigenvalue weighted by Gasteiger charge is 2.49. The molecule has 1 amide bonds. The van der Waals surface area contributed by atoms with Gasteiger partial charge in [0.25, 0.3) is 5.91 Å². The number of nitrogens with one attached hydrogen (secondary N) is 1. The van der Waals surface area contributed by atoms with Crippen molar-refractivity contribution in [2.45, 2.75) is 44.6 Å². The van der Waals surface area contributed by atoms with E-state index in [2.05, 4.69) is 34.7 Å². The molecule has 1 aliphatic rings. The molecule has 2 atom stereocenters. The number of alkyl halides is 1. The van der Waals surface area contributed by atoms with Gasteiger partial charge >= 0.3 is 0 Å². The SMILES string of the molecule is CNC(=O)/C(=N/OC)c1cccc(C)c1CO/N=C(\C)c1cccc(C2CC2(C)Cl)c1. The Morgan fingerprint density at radius 2 is 1.97 bits per heavy atom. The molecule has 0 radical (unpaired) electrons. The largest absolute Gasteiger partial charge is 0.398 e. The van der Waals surface area contributed by atoms with E-state index in [1.54, 1.807) is 7.05 Å². The summed E-state index contributed by atoms with van der Waals surface area (Å²) in [5, 5.41) is 10.8. The Morgan fingerprint density at radius 1 is 1.26 bits per heavy atom. The van der Waals surface area contributed by atoms with E-state index in [0.29, 0.717) is 11.5 Å². The van der Waals surface area contributed by atoms with Gasteiger partial charge < -0.3 is 15.0 Å². The molecule has 0 bridgehead atoms. The molecule has 0 heterocycles. The number of likely N-dealkylation sites (N-methyl/N-ethyl adjacent to an activating group) is 1. The van der Waals surface area contributed by atoms with Crippen molar-refractivity contribution in [3.8, 4) is 0 Å². The van der Waals surface area contributed by atoms with Gasteiger partial charge in [0.05, 0.1) is 5.71 Å². The summed E-state index contributed by atoms with van der Waals surface area (Å²) in [5.74, 6) is 0.0390. The van der Waals surface area contributed by atoms with Crippen molar-refractivity contribution in [1.29, 1.82) is 0 Å². The fourth-order valence-electron chi connectivity index (χ4n) is 3.57. The molecule has 1 aliphatic carbocycles. The zero-order chi connectivity index (χ0) is 22.6. The van der Waals surface area contributed by atoms with E-state index >= 15 is 0 Å². The van der Waals surface area contributed by atoms with E-state index in [1.165, 1.54) is 12.7 Å². The predicted molar refractivity (Wildman–Crippen MR) is 124 cm³/mol. The fourth-order valence-corrected chi connectivity index (χ4v) is 3.85. The Balaban J connectivity index is 1.79. The maximum Gasteiger partial charge on any atom is 0.273 e. The van der Waals surface area contributed by atoms with Crippen molar-refractivity contribution in [2.24, 2.45) is 10.3 Å². The number of carbonyl (C=O) groups excluding carboxylic acids is 1. The van der Waals surface area contributed by atoms with Crippen molar-refractivity contribution >= 4 is 28.9 Å². The number of carbonyl (C=O) groups is 1. The third-order valence-electron chi connectivity index (χ3n) is 5.58. The number of nitrogens with zero attached hydrogens (tertiary/aromatic N) is 2. The van der Waals surface area contributed by atoms with Gasteiger partial charge in [-0.25, -0.2) is 0 Å². The first-order valence-electron chi connectivity index (χ1n) is 10.2. The van der Waals surface area contributed by atoms with E-state index in [1.807, 2.05) is 44.2 Å². The molecule has 0 spiro atoms. The fraction of sp³-hybridized carbons (Fsp3) is 0.375. The van der Waals surface area contributed by atoms with Gasteiger partial charge in [0.2, 0.25) is 0 Å². The molecule has 3 rings (SSSR count). The highest BCUT2D eigenvalue weighted by atomic mass is 35.5. The summed E-state index contributed by atoms with van der Waals surface area (Å²) in [5.41, 5.74) is 5.61. The first-order chi connectivity index (χ1) is 14.8. The Bertz CT molecular complexity index is 1030. The summed E-state index contributed by atoms with van der Waals surface area (Å²) in [6.45, 7) is 6.12. The Labute approximate surface area is 188 Å². The minimum Gasteiger partial charge on any atom is -0.398 e. The lowest BCUT2D eigenvalue weighted by atomic mass is 9.98. The number of aryl methyl sites for hydroxylation is 1. The summed E-state index contributed by atoms with van der Waals surface area (Å²) in [7, 11) is 2.96. The minimum absolute atomic E-state index is 0.145. The molecular formula is C24H28ClN3O3. The van der Waals surface area contributed by atoms with Crippen LogP contribution in [0.2, 0.25) is 0 Å². The van der Waals surface area contributed by atoms with Crippen molar-refractivity contribution in [3.63, 3.8) is 0 Å². The molecular weight excluding hydrogens is 414 g/mol. The number of benzene rings is 2. The molecule has 0 aliphatic heterocycles. The van der Waals surface area contributed by atoms with E-state index in [9.17, 15) is 4.79 Å². The van der Waals surface area contributed by atoms with Gasteiger partial charge in [-0.2, -0.15) is 0 Å². The Hall–Kier alpha value is -2.86. The minimum atomic E-state index is -0.337. The third kappa shape index (κ3) is 5.25. The monoisotopic (exact) mass is 441 g/mol. The molecule has 2 unspecified atom stereocenters. The number of halogens is 1. The average Bonchev–Trinajstić information content (AvgIpc) is 3.40. The van der Waals surface area contributed by atoms with Crippen LogP contribution in [0, 0.1) is 6.92 Å². The lowest BCUT2D eigenvalue weighted by Crippen LogP contribution is -2.29. The van der Waals surface area contributed by atoms with Gasteiger partial charge in [-0.05, 0) is 49.9 Å². The Kier molecular flexibility index (Phi) is 7.01. The topological polar surface area (TPSA) is 72.3 Å². The molecule has 31 heavy (non-hydrogen) atoms. The summed E-state index contributed by atoms with van der Waals surface area (Å²) in [6.07, 6.45) is 0.984. The van der Waals surface area contributed by atoms with Crippen LogP contribution in [0.4, 0.5) is 0 Å². The van der Waals surface area contributed by atoms with Crippen LogP contribution in [-0.2, 0) is 21.1 Å². The van der Waals surface area contributed by atoms with E-state index in [-0.39, 0.29) is 23.1 Å². The zero-order valence-corrected chi connectivity index (χ0v) is 19.3. The summed E-state index contributed by atoms with van der Waals surface area (Å²) < 4.78 is 0. The predicted octanol–water partition coefficient (Wildman–Crippen LogP) is 4.52. The number of hydrogen-bond donors (Lipinski definition) is 1. The van der Waals surface area contributed by atoms with Gasteiger partial charge in [-0.15, -0.1) is 11.6 Å². The smallest absolute Gasteiger partial charge is 0.273 e. The van der Waals surface area contributed by atoms with Gasteiger partial charge in [0.1, 0.15) is 13.7 Å². The summed E-state index contributed by atoms with van der Waals surface area (Å²) in [6, 6.07) is 13.9.